The van der Waals surface area contributed by atoms with Crippen LogP contribution in [0.1, 0.15) is 53.4 Å². The molecule has 0 unspecified atom stereocenters. The molecule has 0 aromatic carbocycles. The fourth-order valence-electron chi connectivity index (χ4n) is 11.7. The second-order valence-electron chi connectivity index (χ2n) is 14.4. The third kappa shape index (κ3) is 2.38. The minimum absolute atomic E-state index is 0.0154. The van der Waals surface area contributed by atoms with Gasteiger partial charge in [-0.05, 0) is 79.8 Å². The SMILES string of the molecule is COC(=O)/C(C)=C1\C(=O)[C@H](O)[C@]2(C)C3=C1[C@]14OC(=O)C(C)=C1C[C@H]1[C@](O)(CO)[C@H]5C[C@H]5[C@]1(C)[C@@H]4C[C@]3(OO)[C@H]1C[C@H]12. The van der Waals surface area contributed by atoms with Gasteiger partial charge < -0.3 is 24.8 Å². The Kier molecular flexibility index (Phi) is 4.63. The molecule has 8 rings (SSSR count). The molecule has 41 heavy (non-hydrogen) atoms. The number of carbonyl (C=O) groups excluding carboxylic acids is 3. The first-order chi connectivity index (χ1) is 19.3. The highest BCUT2D eigenvalue weighted by Crippen LogP contribution is 2.84. The van der Waals surface area contributed by atoms with Crippen LogP contribution in [-0.2, 0) is 28.7 Å². The molecule has 0 amide bonds. The number of carbonyl (C=O) groups is 3. The summed E-state index contributed by atoms with van der Waals surface area (Å²) in [6, 6.07) is 0. The topological polar surface area (TPSA) is 160 Å². The fourth-order valence-corrected chi connectivity index (χ4v) is 11.7. The smallest absolute Gasteiger partial charge is 0.335 e. The lowest BCUT2D eigenvalue weighted by molar-refractivity contribution is -0.330. The number of ketones is 1. The number of fused-ring (bicyclic) bond motifs is 7. The largest absolute Gasteiger partial charge is 0.466 e. The van der Waals surface area contributed by atoms with E-state index in [0.717, 1.165) is 0 Å². The summed E-state index contributed by atoms with van der Waals surface area (Å²) in [5.41, 5.74) is -4.05. The van der Waals surface area contributed by atoms with Crippen LogP contribution < -0.4 is 0 Å². The zero-order valence-corrected chi connectivity index (χ0v) is 23.8. The predicted molar refractivity (Wildman–Crippen MR) is 138 cm³/mol. The first-order valence-electron chi connectivity index (χ1n) is 14.6. The first kappa shape index (κ1) is 26.3. The number of aliphatic hydroxyl groups excluding tert-OH is 2. The minimum Gasteiger partial charge on any atom is -0.466 e. The molecule has 0 saturated heterocycles. The fraction of sp³-hybridized carbons (Fsp3) is 0.710. The summed E-state index contributed by atoms with van der Waals surface area (Å²) < 4.78 is 11.5. The Morgan fingerprint density at radius 2 is 1.78 bits per heavy atom. The molecule has 12 atom stereocenters. The zero-order chi connectivity index (χ0) is 29.4. The van der Waals surface area contributed by atoms with Gasteiger partial charge in [0.15, 0.2) is 11.4 Å². The molecule has 1 heterocycles. The molecule has 1 aliphatic heterocycles. The van der Waals surface area contributed by atoms with E-state index in [1.54, 1.807) is 6.92 Å². The lowest BCUT2D eigenvalue weighted by Crippen LogP contribution is -2.67. The molecule has 7 aliphatic carbocycles. The Labute approximate surface area is 237 Å². The minimum atomic E-state index is -1.49. The highest BCUT2D eigenvalue weighted by molar-refractivity contribution is 6.12. The van der Waals surface area contributed by atoms with E-state index in [-0.39, 0.29) is 47.7 Å². The normalized spacial score (nSPS) is 54.5. The molecule has 0 radical (unpaired) electrons. The molecule has 8 aliphatic rings. The summed E-state index contributed by atoms with van der Waals surface area (Å²) in [4.78, 5) is 46.4. The van der Waals surface area contributed by atoms with E-state index in [1.807, 2.05) is 6.92 Å². The molecular formula is C31H36O10. The molecule has 5 saturated carbocycles. The van der Waals surface area contributed by atoms with Crippen molar-refractivity contribution in [1.29, 1.82) is 0 Å². The molecule has 10 nitrogen and oxygen atoms in total. The van der Waals surface area contributed by atoms with Gasteiger partial charge in [0.2, 0.25) is 0 Å². The third-order valence-corrected chi connectivity index (χ3v) is 13.5. The van der Waals surface area contributed by atoms with Crippen molar-refractivity contribution < 1.29 is 49.3 Å². The number of aliphatic hydroxyl groups is 3. The number of hydrogen-bond donors (Lipinski definition) is 4. The van der Waals surface area contributed by atoms with E-state index in [0.29, 0.717) is 35.1 Å². The molecule has 4 N–H and O–H groups in total. The van der Waals surface area contributed by atoms with Gasteiger partial charge in [-0.1, -0.05) is 13.8 Å². The number of rotatable bonds is 3. The summed E-state index contributed by atoms with van der Waals surface area (Å²) in [5.74, 6) is -3.33. The molecule has 0 aromatic rings. The van der Waals surface area contributed by atoms with Crippen molar-refractivity contribution in [3.05, 3.63) is 33.4 Å². The maximum Gasteiger partial charge on any atom is 0.335 e. The molecule has 220 valence electrons. The Morgan fingerprint density at radius 1 is 1.10 bits per heavy atom. The Bertz CT molecular complexity index is 1490. The van der Waals surface area contributed by atoms with Crippen molar-refractivity contribution in [1.82, 2.24) is 0 Å². The predicted octanol–water partition coefficient (Wildman–Crippen LogP) is 1.63. The highest BCUT2D eigenvalue weighted by atomic mass is 17.1. The van der Waals surface area contributed by atoms with Crippen molar-refractivity contribution >= 4 is 17.7 Å². The molecule has 5 fully saturated rings. The Morgan fingerprint density at radius 3 is 2.41 bits per heavy atom. The van der Waals surface area contributed by atoms with Crippen LogP contribution in [0.15, 0.2) is 33.4 Å². The van der Waals surface area contributed by atoms with Crippen LogP contribution in [0.5, 0.6) is 0 Å². The first-order valence-corrected chi connectivity index (χ1v) is 14.6. The van der Waals surface area contributed by atoms with E-state index in [2.05, 4.69) is 6.92 Å². The van der Waals surface area contributed by atoms with Gasteiger partial charge in [0, 0.05) is 39.5 Å². The van der Waals surface area contributed by atoms with Crippen molar-refractivity contribution in [2.45, 2.75) is 76.3 Å². The van der Waals surface area contributed by atoms with Gasteiger partial charge in [0.25, 0.3) is 0 Å². The van der Waals surface area contributed by atoms with Gasteiger partial charge in [-0.3, -0.25) is 10.1 Å². The van der Waals surface area contributed by atoms with E-state index >= 15 is 0 Å². The van der Waals surface area contributed by atoms with E-state index in [9.17, 15) is 35.0 Å². The van der Waals surface area contributed by atoms with Crippen LogP contribution in [0.4, 0.5) is 0 Å². The summed E-state index contributed by atoms with van der Waals surface area (Å²) in [7, 11) is 1.21. The lowest BCUT2D eigenvalue weighted by atomic mass is 9.43. The maximum absolute atomic E-state index is 14.3. The Hall–Kier alpha value is -2.37. The number of methoxy groups -OCH3 is 1. The van der Waals surface area contributed by atoms with Crippen molar-refractivity contribution in [3.8, 4) is 0 Å². The summed E-state index contributed by atoms with van der Waals surface area (Å²) in [5, 5.41) is 44.8. The third-order valence-electron chi connectivity index (χ3n) is 13.5. The average molecular weight is 569 g/mol. The van der Waals surface area contributed by atoms with E-state index < -0.39 is 69.9 Å². The van der Waals surface area contributed by atoms with Crippen LogP contribution >= 0.6 is 0 Å². The van der Waals surface area contributed by atoms with Gasteiger partial charge in [0.1, 0.15) is 11.7 Å². The Balaban J connectivity index is 1.52. The summed E-state index contributed by atoms with van der Waals surface area (Å²) in [6.45, 7) is 6.62. The van der Waals surface area contributed by atoms with Crippen LogP contribution in [0, 0.1) is 46.3 Å². The highest BCUT2D eigenvalue weighted by Gasteiger charge is 2.86. The quantitative estimate of drug-likeness (QED) is 0.171. The number of Topliss-reactive ketones (excluding diaryl/α,β-unsaturated/α-hetero) is 1. The van der Waals surface area contributed by atoms with Crippen LogP contribution in [0.25, 0.3) is 0 Å². The second kappa shape index (κ2) is 7.22. The average Bonchev–Trinajstić information content (AvgIpc) is 3.87. The van der Waals surface area contributed by atoms with Crippen molar-refractivity contribution in [2.24, 2.45) is 46.3 Å². The number of hydrogen-bond acceptors (Lipinski definition) is 10. The van der Waals surface area contributed by atoms with Crippen molar-refractivity contribution in [3.63, 3.8) is 0 Å². The molecule has 0 bridgehead atoms. The van der Waals surface area contributed by atoms with Gasteiger partial charge in [-0.25, -0.2) is 14.5 Å². The standard InChI is InChI=1S/C31H36O10/c1-11-13-8-18-27(3,14-6-16(14)29(18,37)10-32)19-9-30(41-38)17-7-15(17)28(4)23(30)21(31(13,19)40-26(11)36)20(22(33)24(28)34)12(2)25(35)39-5/h14-19,24,32,34,37-38H,6-10H2,1-5H3/b20-12-/t14-,15-,16+,17+,18-,19+,24+,27+,28+,29+,30+,31+/m1/s1. The van der Waals surface area contributed by atoms with E-state index in [4.69, 9.17) is 14.4 Å². The zero-order valence-electron chi connectivity index (χ0n) is 23.8. The lowest BCUT2D eigenvalue weighted by Gasteiger charge is -2.63. The second-order valence-corrected chi connectivity index (χ2v) is 14.4. The summed E-state index contributed by atoms with van der Waals surface area (Å²) >= 11 is 0. The van der Waals surface area contributed by atoms with Gasteiger partial charge in [-0.15, -0.1) is 0 Å². The van der Waals surface area contributed by atoms with Gasteiger partial charge in [0.05, 0.1) is 19.3 Å². The number of ether oxygens (including phenoxy) is 2. The maximum atomic E-state index is 14.3. The van der Waals surface area contributed by atoms with Crippen molar-refractivity contribution in [2.75, 3.05) is 13.7 Å². The van der Waals surface area contributed by atoms with Crippen LogP contribution in [0.2, 0.25) is 0 Å². The van der Waals surface area contributed by atoms with Crippen LogP contribution in [-0.4, -0.2) is 74.9 Å². The van der Waals surface area contributed by atoms with Gasteiger partial charge in [-0.2, -0.15) is 0 Å². The number of esters is 2. The van der Waals surface area contributed by atoms with Gasteiger partial charge >= 0.3 is 11.9 Å². The monoisotopic (exact) mass is 568 g/mol. The van der Waals surface area contributed by atoms with E-state index in [1.165, 1.54) is 14.0 Å². The molecular weight excluding hydrogens is 532 g/mol. The summed E-state index contributed by atoms with van der Waals surface area (Å²) in [6.07, 6.45) is 0.357. The molecule has 1 spiro atoms. The van der Waals surface area contributed by atoms with Crippen LogP contribution in [0.3, 0.4) is 0 Å². The molecule has 10 heteroatoms. The molecule has 0 aromatic heterocycles.